The average Bonchev–Trinajstić information content (AvgIpc) is 3.24. The molecule has 0 fully saturated rings. The number of fused-ring (bicyclic) bond motifs is 1. The Bertz CT molecular complexity index is 1230. The predicted molar refractivity (Wildman–Crippen MR) is 124 cm³/mol. The summed E-state index contributed by atoms with van der Waals surface area (Å²) in [6.45, 7) is 4.47. The van der Waals surface area contributed by atoms with Crippen molar-refractivity contribution in [3.8, 4) is 0 Å². The van der Waals surface area contributed by atoms with Crippen molar-refractivity contribution >= 4 is 39.6 Å². The van der Waals surface area contributed by atoms with Gasteiger partial charge in [-0.2, -0.15) is 0 Å². The lowest BCUT2D eigenvalue weighted by Crippen LogP contribution is -2.27. The second-order valence-corrected chi connectivity index (χ2v) is 8.54. The van der Waals surface area contributed by atoms with Gasteiger partial charge in [0.05, 0.1) is 17.9 Å². The minimum Gasteiger partial charge on any atom is -0.336 e. The van der Waals surface area contributed by atoms with Crippen molar-refractivity contribution in [2.24, 2.45) is 0 Å². The van der Waals surface area contributed by atoms with E-state index in [1.54, 1.807) is 47.5 Å². The molecule has 0 spiro atoms. The molecule has 2 heterocycles. The number of para-hydroxylation sites is 1. The maximum atomic E-state index is 12.9. The number of anilines is 2. The van der Waals surface area contributed by atoms with Crippen LogP contribution < -0.4 is 10.6 Å². The third-order valence-corrected chi connectivity index (χ3v) is 5.79. The van der Waals surface area contributed by atoms with Gasteiger partial charge in [0.15, 0.2) is 4.96 Å². The van der Waals surface area contributed by atoms with E-state index in [2.05, 4.69) is 26.2 Å². The van der Waals surface area contributed by atoms with Gasteiger partial charge in [-0.25, -0.2) is 9.78 Å². The van der Waals surface area contributed by atoms with Crippen LogP contribution in [-0.4, -0.2) is 33.3 Å². The van der Waals surface area contributed by atoms with Crippen LogP contribution >= 0.6 is 11.3 Å². The van der Waals surface area contributed by atoms with Crippen molar-refractivity contribution < 1.29 is 9.59 Å². The molecule has 0 saturated carbocycles. The highest BCUT2D eigenvalue weighted by molar-refractivity contribution is 7.17. The van der Waals surface area contributed by atoms with Crippen LogP contribution in [0.2, 0.25) is 0 Å². The summed E-state index contributed by atoms with van der Waals surface area (Å²) in [5, 5.41) is 5.53. The Hall–Kier alpha value is -3.65. The zero-order valence-electron chi connectivity index (χ0n) is 17.5. The summed E-state index contributed by atoms with van der Waals surface area (Å²) in [7, 11) is 1.78. The summed E-state index contributed by atoms with van der Waals surface area (Å²) in [4.78, 5) is 33.4. The van der Waals surface area contributed by atoms with E-state index in [9.17, 15) is 9.59 Å². The summed E-state index contributed by atoms with van der Waals surface area (Å²) in [6, 6.07) is 15.7. The van der Waals surface area contributed by atoms with Gasteiger partial charge in [0.1, 0.15) is 0 Å². The van der Waals surface area contributed by atoms with Gasteiger partial charge >= 0.3 is 6.03 Å². The van der Waals surface area contributed by atoms with Crippen molar-refractivity contribution in [2.75, 3.05) is 17.7 Å². The summed E-state index contributed by atoms with van der Waals surface area (Å²) in [5.74, 6) is -0.0958. The molecule has 4 aromatic rings. The normalized spacial score (nSPS) is 10.8. The van der Waals surface area contributed by atoms with Gasteiger partial charge < -0.3 is 15.5 Å². The molecular weight excluding hydrogens is 410 g/mol. The molecule has 0 bridgehead atoms. The van der Waals surface area contributed by atoms with E-state index in [0.29, 0.717) is 23.5 Å². The number of hydrogen-bond donors (Lipinski definition) is 2. The van der Waals surface area contributed by atoms with Gasteiger partial charge in [-0.05, 0) is 50.2 Å². The Morgan fingerprint density at radius 2 is 1.65 bits per heavy atom. The van der Waals surface area contributed by atoms with Crippen molar-refractivity contribution in [1.82, 2.24) is 14.3 Å². The van der Waals surface area contributed by atoms with Crippen molar-refractivity contribution in [3.63, 3.8) is 0 Å². The molecule has 0 aliphatic heterocycles. The number of hydrogen-bond acceptors (Lipinski definition) is 4. The molecule has 158 valence electrons. The Balaban J connectivity index is 1.40. The van der Waals surface area contributed by atoms with Gasteiger partial charge in [0.2, 0.25) is 0 Å². The van der Waals surface area contributed by atoms with E-state index in [1.807, 2.05) is 44.2 Å². The van der Waals surface area contributed by atoms with Gasteiger partial charge in [0, 0.05) is 35.1 Å². The first-order valence-corrected chi connectivity index (χ1v) is 10.6. The molecule has 0 saturated heterocycles. The maximum absolute atomic E-state index is 12.9. The molecule has 0 aliphatic rings. The smallest absolute Gasteiger partial charge is 0.323 e. The molecule has 0 radical (unpaired) electrons. The number of thiazole rings is 1. The first kappa shape index (κ1) is 20.6. The van der Waals surface area contributed by atoms with E-state index >= 15 is 0 Å². The summed E-state index contributed by atoms with van der Waals surface area (Å²) < 4.78 is 2.05. The number of rotatable bonds is 5. The Kier molecular flexibility index (Phi) is 5.73. The van der Waals surface area contributed by atoms with Crippen molar-refractivity contribution in [1.29, 1.82) is 0 Å². The van der Waals surface area contributed by atoms with E-state index in [4.69, 9.17) is 0 Å². The highest BCUT2D eigenvalue weighted by Crippen LogP contribution is 2.22. The lowest BCUT2D eigenvalue weighted by atomic mass is 10.1. The minimum absolute atomic E-state index is 0.0958. The third-order valence-electron chi connectivity index (χ3n) is 4.90. The van der Waals surface area contributed by atoms with Gasteiger partial charge in [-0.3, -0.25) is 9.20 Å². The Labute approximate surface area is 184 Å². The number of nitrogens with zero attached hydrogens (tertiary/aromatic N) is 3. The summed E-state index contributed by atoms with van der Waals surface area (Å²) >= 11 is 1.63. The predicted octanol–water partition coefficient (Wildman–Crippen LogP) is 4.93. The molecule has 0 unspecified atom stereocenters. The third kappa shape index (κ3) is 4.59. The number of carbonyl (C=O) groups excluding carboxylic acids is 2. The summed E-state index contributed by atoms with van der Waals surface area (Å²) in [6.07, 6.45) is 2.05. The fourth-order valence-corrected chi connectivity index (χ4v) is 4.22. The van der Waals surface area contributed by atoms with Gasteiger partial charge in [-0.15, -0.1) is 11.3 Å². The average molecular weight is 434 g/mol. The molecule has 2 aromatic heterocycles. The zero-order chi connectivity index (χ0) is 22.0. The van der Waals surface area contributed by atoms with E-state index < -0.39 is 0 Å². The lowest BCUT2D eigenvalue weighted by Gasteiger charge is -2.17. The van der Waals surface area contributed by atoms with Crippen LogP contribution in [-0.2, 0) is 6.54 Å². The molecule has 0 aliphatic carbocycles. The number of aryl methyl sites for hydroxylation is 2. The fraction of sp³-hybridized carbons (Fsp3) is 0.174. The molecule has 31 heavy (non-hydrogen) atoms. The van der Waals surface area contributed by atoms with E-state index in [0.717, 1.165) is 16.3 Å². The second kappa shape index (κ2) is 8.61. The largest absolute Gasteiger partial charge is 0.336 e. The monoisotopic (exact) mass is 433 g/mol. The molecule has 2 aromatic carbocycles. The standard InChI is InChI=1S/C23H23N5O2S/c1-15-13-28-20(16(2)24-23(28)31-15)14-27(3)21(29)17-9-11-19(12-10-17)26-22(30)25-18-7-5-4-6-8-18/h4-13H,14H2,1-3H3,(H2,25,26,30). The number of nitrogens with one attached hydrogen (secondary N) is 2. The van der Waals surface area contributed by atoms with Gasteiger partial charge in [0.25, 0.3) is 5.91 Å². The van der Waals surface area contributed by atoms with Crippen LogP contribution in [0.1, 0.15) is 26.6 Å². The number of aromatic nitrogens is 2. The van der Waals surface area contributed by atoms with Crippen LogP contribution in [0.25, 0.3) is 4.96 Å². The molecule has 3 amide bonds. The first-order valence-electron chi connectivity index (χ1n) is 9.83. The second-order valence-electron chi connectivity index (χ2n) is 7.32. The van der Waals surface area contributed by atoms with Crippen LogP contribution in [0.4, 0.5) is 16.2 Å². The number of benzene rings is 2. The lowest BCUT2D eigenvalue weighted by molar-refractivity contribution is 0.0783. The van der Waals surface area contributed by atoms with Crippen LogP contribution in [0, 0.1) is 13.8 Å². The van der Waals surface area contributed by atoms with Crippen LogP contribution in [0.3, 0.4) is 0 Å². The molecule has 2 N–H and O–H groups in total. The van der Waals surface area contributed by atoms with Crippen LogP contribution in [0.15, 0.2) is 60.8 Å². The number of amides is 3. The zero-order valence-corrected chi connectivity index (χ0v) is 18.4. The van der Waals surface area contributed by atoms with E-state index in [1.165, 1.54) is 4.88 Å². The van der Waals surface area contributed by atoms with E-state index in [-0.39, 0.29) is 11.9 Å². The molecule has 8 heteroatoms. The fourth-order valence-electron chi connectivity index (χ4n) is 3.33. The molecule has 4 rings (SSSR count). The quantitative estimate of drug-likeness (QED) is 0.468. The topological polar surface area (TPSA) is 78.7 Å². The number of carbonyl (C=O) groups is 2. The Morgan fingerprint density at radius 3 is 2.32 bits per heavy atom. The maximum Gasteiger partial charge on any atom is 0.323 e. The first-order chi connectivity index (χ1) is 14.9. The number of urea groups is 1. The van der Waals surface area contributed by atoms with Crippen molar-refractivity contribution in [2.45, 2.75) is 20.4 Å². The Morgan fingerprint density at radius 1 is 1.00 bits per heavy atom. The summed E-state index contributed by atoms with van der Waals surface area (Å²) in [5.41, 5.74) is 3.80. The highest BCUT2D eigenvalue weighted by Gasteiger charge is 2.17. The number of imidazole rings is 1. The van der Waals surface area contributed by atoms with Crippen molar-refractivity contribution in [3.05, 3.63) is 82.6 Å². The van der Waals surface area contributed by atoms with Crippen LogP contribution in [0.5, 0.6) is 0 Å². The minimum atomic E-state index is -0.339. The molecular formula is C23H23N5O2S. The molecule has 7 nitrogen and oxygen atoms in total. The SMILES string of the molecule is Cc1cn2c(CN(C)C(=O)c3ccc(NC(=O)Nc4ccccc4)cc3)c(C)nc2s1. The molecule has 0 atom stereocenters. The van der Waals surface area contributed by atoms with Gasteiger partial charge in [-0.1, -0.05) is 18.2 Å². The highest BCUT2D eigenvalue weighted by atomic mass is 32.1.